The molecule has 2 aromatic rings. The summed E-state index contributed by atoms with van der Waals surface area (Å²) < 4.78 is 134. The molecule has 0 radical (unpaired) electrons. The number of carbonyl (C=O) groups excluding carboxylic acids is 6. The van der Waals surface area contributed by atoms with E-state index < -0.39 is 169 Å². The van der Waals surface area contributed by atoms with Crippen LogP contribution in [0.3, 0.4) is 0 Å². The standard InChI is InChI=1S/C19H20F2O6.C11H24F2O6Si2.C9H10Cl2F2O8.C5H8F2O4/c20-18(21,13-22)19(25,27-12-15-9-5-2-6-10-15)16(23)17(24)26-11-14-7-3-1-4-8-14;1-20(2,3)18-9(16)8(15)11(17,10(12,13)7-14)19-21(4,5)6;10-1-4(15)20-7(18)6(17)9(19,8(12,13)3-14)21-5(16)2-11;6-5(7,2-9)4(11)3(10)1-8/h1-10,13,16-17,23-25H,11-12H2;7-9,15-17H,1-6H3;3,6-7,17-19H,1-2H2;2-4,8,10-11H,1H2/t16-,17?,19+;8-,9?,11+;6-,7?,9+;3-,4-/m1111/s1. The van der Waals surface area contributed by atoms with Crippen molar-refractivity contribution in [2.75, 3.05) is 18.4 Å². The van der Waals surface area contributed by atoms with Gasteiger partial charge in [0.15, 0.2) is 78.8 Å². The van der Waals surface area contributed by atoms with Crippen molar-refractivity contribution in [3.63, 3.8) is 0 Å². The quantitative estimate of drug-likeness (QED) is 0.0120. The van der Waals surface area contributed by atoms with Crippen LogP contribution in [0.15, 0.2) is 60.7 Å². The Kier molecular flexibility index (Phi) is 32.4. The van der Waals surface area contributed by atoms with Crippen LogP contribution in [0.1, 0.15) is 11.1 Å². The van der Waals surface area contributed by atoms with Crippen LogP contribution in [0.5, 0.6) is 0 Å². The Bertz CT molecular complexity index is 2200. The van der Waals surface area contributed by atoms with Crippen LogP contribution < -0.4 is 0 Å². The average Bonchev–Trinajstić information content (AvgIpc) is 3.40. The van der Waals surface area contributed by atoms with Crippen LogP contribution in [0.4, 0.5) is 35.1 Å². The molecule has 0 amide bonds. The van der Waals surface area contributed by atoms with E-state index in [1.54, 1.807) is 68.2 Å². The molecule has 0 aliphatic heterocycles. The third-order valence-corrected chi connectivity index (χ3v) is 11.5. The van der Waals surface area contributed by atoms with E-state index in [1.165, 1.54) is 31.8 Å². The van der Waals surface area contributed by atoms with Crippen LogP contribution in [0, 0.1) is 0 Å². The summed E-state index contributed by atoms with van der Waals surface area (Å²) in [5.74, 6) is -34.0. The maximum atomic E-state index is 14.0. The van der Waals surface area contributed by atoms with E-state index in [1.807, 2.05) is 0 Å². The number of carbonyl (C=O) groups is 6. The minimum absolute atomic E-state index is 0.222. The second-order valence-electron chi connectivity index (χ2n) is 18.1. The molecule has 36 heteroatoms. The van der Waals surface area contributed by atoms with Crippen LogP contribution in [0.2, 0.25) is 39.3 Å². The van der Waals surface area contributed by atoms with E-state index in [0.717, 1.165) is 0 Å². The van der Waals surface area contributed by atoms with Crippen LogP contribution in [-0.4, -0.2) is 224 Å². The van der Waals surface area contributed by atoms with Gasteiger partial charge in [-0.2, -0.15) is 35.1 Å². The lowest BCUT2D eigenvalue weighted by Crippen LogP contribution is -2.66. The van der Waals surface area contributed by atoms with Crippen molar-refractivity contribution in [3.05, 3.63) is 71.8 Å². The van der Waals surface area contributed by atoms with E-state index in [9.17, 15) is 110 Å². The van der Waals surface area contributed by atoms with Gasteiger partial charge in [0.1, 0.15) is 17.9 Å². The van der Waals surface area contributed by atoms with E-state index in [4.69, 9.17) is 56.8 Å². The first-order chi connectivity index (χ1) is 36.4. The first-order valence-corrected chi connectivity index (χ1v) is 30.1. The number of benzene rings is 2. The molecule has 0 saturated heterocycles. The summed E-state index contributed by atoms with van der Waals surface area (Å²) in [6, 6.07) is 16.4. The third kappa shape index (κ3) is 24.0. The van der Waals surface area contributed by atoms with Gasteiger partial charge in [-0.25, -0.2) is 0 Å². The zero-order valence-electron chi connectivity index (χ0n) is 42.8. The van der Waals surface area contributed by atoms with Gasteiger partial charge < -0.3 is 89.1 Å². The number of hydrogen-bond donors (Lipinski definition) is 12. The fraction of sp³-hybridized carbons (Fsp3) is 0.591. The highest BCUT2D eigenvalue weighted by molar-refractivity contribution is 6.70. The Labute approximate surface area is 461 Å². The molecule has 24 nitrogen and oxygen atoms in total. The maximum absolute atomic E-state index is 14.0. The van der Waals surface area contributed by atoms with Crippen molar-refractivity contribution in [1.82, 2.24) is 0 Å². The molecule has 2 aromatic carbocycles. The van der Waals surface area contributed by atoms with Crippen molar-refractivity contribution in [2.45, 2.75) is 143 Å². The molecule has 0 bridgehead atoms. The van der Waals surface area contributed by atoms with E-state index in [2.05, 4.69) is 9.47 Å². The highest BCUT2D eigenvalue weighted by Crippen LogP contribution is 2.37. The zero-order valence-corrected chi connectivity index (χ0v) is 46.3. The minimum Gasteiger partial charge on any atom is -0.432 e. The number of aldehydes is 4. The Hall–Kier alpha value is -4.13. The molecular formula is C44H62Cl2F8O24Si2. The highest BCUT2D eigenvalue weighted by atomic mass is 35.5. The number of rotatable bonds is 30. The molecule has 460 valence electrons. The molecule has 11 atom stereocenters. The van der Waals surface area contributed by atoms with Crippen molar-refractivity contribution in [3.8, 4) is 0 Å². The molecule has 0 spiro atoms. The maximum Gasteiger partial charge on any atom is 0.368 e. The fourth-order valence-corrected chi connectivity index (χ4v) is 7.39. The molecule has 3 unspecified atom stereocenters. The summed E-state index contributed by atoms with van der Waals surface area (Å²) in [5.41, 5.74) is 1.00. The van der Waals surface area contributed by atoms with Crippen LogP contribution >= 0.6 is 23.2 Å². The van der Waals surface area contributed by atoms with Crippen LogP contribution in [-0.2, 0) is 69.8 Å². The predicted octanol–water partition coefficient (Wildman–Crippen LogP) is -0.199. The number of aliphatic hydroxyl groups excluding tert-OH is 9. The summed E-state index contributed by atoms with van der Waals surface area (Å²) in [7, 11) is -5.18. The second kappa shape index (κ2) is 33.2. The van der Waals surface area contributed by atoms with Gasteiger partial charge in [0.2, 0.25) is 6.29 Å². The van der Waals surface area contributed by atoms with Gasteiger partial charge >= 0.3 is 41.4 Å². The Morgan fingerprint density at radius 1 is 0.537 bits per heavy atom. The Balaban J connectivity index is 0. The van der Waals surface area contributed by atoms with E-state index >= 15 is 0 Å². The Morgan fingerprint density at radius 3 is 1.30 bits per heavy atom. The van der Waals surface area contributed by atoms with Gasteiger partial charge in [0, 0.05) is 0 Å². The predicted molar refractivity (Wildman–Crippen MR) is 259 cm³/mol. The van der Waals surface area contributed by atoms with Crippen molar-refractivity contribution in [2.24, 2.45) is 0 Å². The van der Waals surface area contributed by atoms with Gasteiger partial charge in [-0.3, -0.25) is 28.8 Å². The summed E-state index contributed by atoms with van der Waals surface area (Å²) in [5, 5.41) is 113. The van der Waals surface area contributed by atoms with Gasteiger partial charge in [-0.15, -0.1) is 23.2 Å². The van der Waals surface area contributed by atoms with E-state index in [0.29, 0.717) is 11.1 Å². The first-order valence-electron chi connectivity index (χ1n) is 22.2. The highest BCUT2D eigenvalue weighted by Gasteiger charge is 2.65. The van der Waals surface area contributed by atoms with Gasteiger partial charge in [0.05, 0.1) is 19.8 Å². The third-order valence-electron chi connectivity index (χ3n) is 9.23. The summed E-state index contributed by atoms with van der Waals surface area (Å²) in [4.78, 5) is 62.9. The molecule has 0 aliphatic carbocycles. The molecule has 0 saturated carbocycles. The Morgan fingerprint density at radius 2 is 0.925 bits per heavy atom. The molecular weight excluding hydrogens is 1190 g/mol. The summed E-state index contributed by atoms with van der Waals surface area (Å²) >= 11 is 9.98. The van der Waals surface area contributed by atoms with E-state index in [-0.39, 0.29) is 6.61 Å². The summed E-state index contributed by atoms with van der Waals surface area (Å²) in [6.45, 7) is 7.62. The number of aliphatic hydroxyl groups is 12. The SMILES string of the molecule is C[Si](C)(C)OC(O)[C@@H](O)[C@](O)(O[Si](C)(C)C)C(F)(F)C=O.O=CC(F)(F)[C@@](O)(OC(=O)CCl)[C@H](O)C(O)OC(=O)CCl.O=CC(F)(F)[C@@](O)(OCc1ccccc1)[C@H](O)C(O)OCc1ccccc1.O=CC(F)(F)[C@H](O)[C@H](O)CO. The minimum atomic E-state index is -4.84. The van der Waals surface area contributed by atoms with Crippen molar-refractivity contribution >= 4 is 76.9 Å². The molecule has 12 N–H and O–H groups in total. The van der Waals surface area contributed by atoms with Crippen molar-refractivity contribution in [1.29, 1.82) is 0 Å². The van der Waals surface area contributed by atoms with Gasteiger partial charge in [0.25, 0.3) is 11.6 Å². The van der Waals surface area contributed by atoms with Crippen molar-refractivity contribution < 1.29 is 153 Å². The lowest BCUT2D eigenvalue weighted by atomic mass is 10.0. The lowest BCUT2D eigenvalue weighted by Gasteiger charge is -2.42. The van der Waals surface area contributed by atoms with Gasteiger partial charge in [-0.1, -0.05) is 60.7 Å². The van der Waals surface area contributed by atoms with Crippen LogP contribution in [0.25, 0.3) is 0 Å². The normalized spacial score (nSPS) is 17.6. The number of halogens is 10. The number of hydrogen-bond acceptors (Lipinski definition) is 24. The van der Waals surface area contributed by atoms with Gasteiger partial charge in [-0.05, 0) is 50.4 Å². The molecule has 80 heavy (non-hydrogen) atoms. The lowest BCUT2D eigenvalue weighted by molar-refractivity contribution is -0.370. The monoisotopic (exact) mass is 1250 g/mol. The molecule has 2 rings (SSSR count). The average molecular weight is 1250 g/mol. The molecule has 0 heterocycles. The number of alkyl halides is 10. The molecule has 0 aliphatic rings. The zero-order chi connectivity index (χ0) is 63.1. The molecule has 0 fully saturated rings. The number of esters is 2. The topological polar surface area (TPSA) is 401 Å². The molecule has 0 aromatic heterocycles. The smallest absolute Gasteiger partial charge is 0.368 e. The largest absolute Gasteiger partial charge is 0.432 e. The number of ether oxygens (including phenoxy) is 4. The summed E-state index contributed by atoms with van der Waals surface area (Å²) in [6.07, 6.45) is -23.5. The first kappa shape index (κ1) is 77.9. The fourth-order valence-electron chi connectivity index (χ4n) is 5.23. The second-order valence-corrected chi connectivity index (χ2v) is 27.5.